The average Bonchev–Trinajstić information content (AvgIpc) is 3.23. The molecule has 0 radical (unpaired) electrons. The minimum absolute atomic E-state index is 0.0355. The van der Waals surface area contributed by atoms with E-state index in [1.807, 2.05) is 30.3 Å². The number of aromatic nitrogens is 2. The molecule has 0 unspecified atom stereocenters. The summed E-state index contributed by atoms with van der Waals surface area (Å²) in [4.78, 5) is 16.3. The number of thioether (sulfide) groups is 1. The Morgan fingerprint density at radius 1 is 1.41 bits per heavy atom. The molecule has 0 saturated carbocycles. The third kappa shape index (κ3) is 4.28. The Labute approximate surface area is 137 Å². The standard InChI is InChI=1S/C15H17N3O2S2/c19-13(16-8-11-6-7-20-9-11)10-21-15-17-14(18-22-15)12-4-2-1-3-5-12/h1-5,11H,6-10H2,(H,16,19)/t11-/m0/s1. The molecule has 2 heterocycles. The van der Waals surface area contributed by atoms with Gasteiger partial charge < -0.3 is 10.1 Å². The van der Waals surface area contributed by atoms with E-state index in [-0.39, 0.29) is 5.91 Å². The van der Waals surface area contributed by atoms with Gasteiger partial charge in [0.15, 0.2) is 10.2 Å². The molecule has 1 aliphatic heterocycles. The fraction of sp³-hybridized carbons (Fsp3) is 0.400. The number of rotatable bonds is 6. The number of nitrogens with one attached hydrogen (secondary N) is 1. The van der Waals surface area contributed by atoms with E-state index >= 15 is 0 Å². The van der Waals surface area contributed by atoms with E-state index in [4.69, 9.17) is 4.74 Å². The summed E-state index contributed by atoms with van der Waals surface area (Å²) in [6.07, 6.45) is 1.03. The van der Waals surface area contributed by atoms with Gasteiger partial charge in [0.25, 0.3) is 0 Å². The molecule has 0 bridgehead atoms. The first-order valence-electron chi connectivity index (χ1n) is 7.17. The van der Waals surface area contributed by atoms with Crippen LogP contribution in [0.5, 0.6) is 0 Å². The fourth-order valence-corrected chi connectivity index (χ4v) is 3.60. The van der Waals surface area contributed by atoms with Gasteiger partial charge >= 0.3 is 0 Å². The summed E-state index contributed by atoms with van der Waals surface area (Å²) in [6, 6.07) is 9.84. The molecule has 1 atom stereocenters. The van der Waals surface area contributed by atoms with E-state index in [0.29, 0.717) is 18.2 Å². The summed E-state index contributed by atoms with van der Waals surface area (Å²) in [7, 11) is 0. The van der Waals surface area contributed by atoms with Gasteiger partial charge in [-0.3, -0.25) is 4.79 Å². The Morgan fingerprint density at radius 2 is 2.27 bits per heavy atom. The fourth-order valence-electron chi connectivity index (χ4n) is 2.15. The maximum absolute atomic E-state index is 11.8. The highest BCUT2D eigenvalue weighted by atomic mass is 32.2. The molecule has 1 amide bonds. The summed E-state index contributed by atoms with van der Waals surface area (Å²) >= 11 is 2.76. The number of amides is 1. The molecule has 1 N–H and O–H groups in total. The molecule has 1 saturated heterocycles. The Hall–Kier alpha value is -1.44. The second-order valence-corrected chi connectivity index (χ2v) is 7.05. The van der Waals surface area contributed by atoms with Crippen LogP contribution >= 0.6 is 23.3 Å². The van der Waals surface area contributed by atoms with Crippen LogP contribution in [0.25, 0.3) is 11.4 Å². The van der Waals surface area contributed by atoms with Crippen LogP contribution in [0.2, 0.25) is 0 Å². The minimum Gasteiger partial charge on any atom is -0.381 e. The van der Waals surface area contributed by atoms with Crippen LogP contribution in [0.1, 0.15) is 6.42 Å². The Bertz CT molecular complexity index is 612. The second kappa shape index (κ2) is 7.71. The molecule has 116 valence electrons. The van der Waals surface area contributed by atoms with Crippen molar-refractivity contribution in [1.29, 1.82) is 0 Å². The first-order chi connectivity index (χ1) is 10.8. The molecule has 1 aromatic heterocycles. The van der Waals surface area contributed by atoms with Gasteiger partial charge in [0.05, 0.1) is 12.4 Å². The van der Waals surface area contributed by atoms with Crippen molar-refractivity contribution >= 4 is 29.2 Å². The Morgan fingerprint density at radius 3 is 3.05 bits per heavy atom. The van der Waals surface area contributed by atoms with Crippen molar-refractivity contribution in [1.82, 2.24) is 14.7 Å². The number of hydrogen-bond donors (Lipinski definition) is 1. The lowest BCUT2D eigenvalue weighted by molar-refractivity contribution is -0.118. The molecule has 22 heavy (non-hydrogen) atoms. The zero-order chi connectivity index (χ0) is 15.2. The average molecular weight is 335 g/mol. The number of hydrogen-bond acceptors (Lipinski definition) is 6. The number of ether oxygens (including phenoxy) is 1. The SMILES string of the molecule is O=C(CSc1nc(-c2ccccc2)ns1)NC[C@@H]1CCOC1. The Balaban J connectivity index is 1.45. The third-order valence-corrected chi connectivity index (χ3v) is 5.21. The largest absolute Gasteiger partial charge is 0.381 e. The summed E-state index contributed by atoms with van der Waals surface area (Å²) < 4.78 is 10.4. The van der Waals surface area contributed by atoms with Gasteiger partial charge in [-0.1, -0.05) is 42.1 Å². The van der Waals surface area contributed by atoms with Crippen molar-refractivity contribution in [3.05, 3.63) is 30.3 Å². The van der Waals surface area contributed by atoms with Crippen LogP contribution < -0.4 is 5.32 Å². The van der Waals surface area contributed by atoms with Gasteiger partial charge in [-0.2, -0.15) is 4.37 Å². The predicted octanol–water partition coefficient (Wildman–Crippen LogP) is 2.45. The van der Waals surface area contributed by atoms with Crippen LogP contribution in [-0.2, 0) is 9.53 Å². The van der Waals surface area contributed by atoms with Crippen molar-refractivity contribution in [3.8, 4) is 11.4 Å². The molecule has 1 aliphatic rings. The monoisotopic (exact) mass is 335 g/mol. The number of carbonyl (C=O) groups is 1. The summed E-state index contributed by atoms with van der Waals surface area (Å²) in [5, 5.41) is 2.95. The summed E-state index contributed by atoms with van der Waals surface area (Å²) in [6.45, 7) is 2.26. The minimum atomic E-state index is 0.0355. The molecule has 3 rings (SSSR count). The lowest BCUT2D eigenvalue weighted by Crippen LogP contribution is -2.30. The third-order valence-electron chi connectivity index (χ3n) is 3.38. The van der Waals surface area contributed by atoms with E-state index in [9.17, 15) is 4.79 Å². The van der Waals surface area contributed by atoms with Crippen molar-refractivity contribution < 1.29 is 9.53 Å². The predicted molar refractivity (Wildman–Crippen MR) is 88.0 cm³/mol. The van der Waals surface area contributed by atoms with Crippen molar-refractivity contribution in [3.63, 3.8) is 0 Å². The number of benzene rings is 1. The molecule has 5 nitrogen and oxygen atoms in total. The number of carbonyl (C=O) groups excluding carboxylic acids is 1. The molecule has 2 aromatic rings. The van der Waals surface area contributed by atoms with Crippen molar-refractivity contribution in [2.45, 2.75) is 10.8 Å². The normalized spacial score (nSPS) is 17.5. The van der Waals surface area contributed by atoms with E-state index < -0.39 is 0 Å². The smallest absolute Gasteiger partial charge is 0.230 e. The van der Waals surface area contributed by atoms with Gasteiger partial charge in [0.2, 0.25) is 5.91 Å². The highest BCUT2D eigenvalue weighted by Gasteiger charge is 2.16. The molecule has 1 aromatic carbocycles. The van der Waals surface area contributed by atoms with Crippen LogP contribution in [-0.4, -0.2) is 40.8 Å². The van der Waals surface area contributed by atoms with Crippen LogP contribution in [0.4, 0.5) is 0 Å². The topological polar surface area (TPSA) is 64.1 Å². The second-order valence-electron chi connectivity index (χ2n) is 5.07. The molecule has 1 fully saturated rings. The first-order valence-corrected chi connectivity index (χ1v) is 8.93. The highest BCUT2D eigenvalue weighted by Crippen LogP contribution is 2.24. The van der Waals surface area contributed by atoms with E-state index in [0.717, 1.165) is 35.4 Å². The van der Waals surface area contributed by atoms with Crippen LogP contribution in [0, 0.1) is 5.92 Å². The zero-order valence-electron chi connectivity index (χ0n) is 12.0. The van der Waals surface area contributed by atoms with E-state index in [1.165, 1.54) is 23.3 Å². The van der Waals surface area contributed by atoms with E-state index in [2.05, 4.69) is 14.7 Å². The summed E-state index contributed by atoms with van der Waals surface area (Å²) in [5.74, 6) is 1.59. The maximum atomic E-state index is 11.8. The maximum Gasteiger partial charge on any atom is 0.230 e. The molecule has 0 spiro atoms. The highest BCUT2D eigenvalue weighted by molar-refractivity contribution is 8.01. The van der Waals surface area contributed by atoms with Gasteiger partial charge in [-0.15, -0.1) is 0 Å². The molecule has 7 heteroatoms. The summed E-state index contributed by atoms with van der Waals surface area (Å²) in [5.41, 5.74) is 0.997. The van der Waals surface area contributed by atoms with Crippen LogP contribution in [0.15, 0.2) is 34.7 Å². The van der Waals surface area contributed by atoms with Gasteiger partial charge in [-0.25, -0.2) is 4.98 Å². The van der Waals surface area contributed by atoms with E-state index in [1.54, 1.807) is 0 Å². The molecular formula is C15H17N3O2S2. The Kier molecular flexibility index (Phi) is 5.42. The number of nitrogens with zero attached hydrogens (tertiary/aromatic N) is 2. The molecular weight excluding hydrogens is 318 g/mol. The van der Waals surface area contributed by atoms with Gasteiger partial charge in [-0.05, 0) is 18.0 Å². The van der Waals surface area contributed by atoms with Crippen molar-refractivity contribution in [2.24, 2.45) is 5.92 Å². The lowest BCUT2D eigenvalue weighted by Gasteiger charge is -2.08. The quantitative estimate of drug-likeness (QED) is 0.822. The van der Waals surface area contributed by atoms with Gasteiger partial charge in [0.1, 0.15) is 0 Å². The zero-order valence-corrected chi connectivity index (χ0v) is 13.7. The van der Waals surface area contributed by atoms with Crippen LogP contribution in [0.3, 0.4) is 0 Å². The molecule has 0 aliphatic carbocycles. The lowest BCUT2D eigenvalue weighted by atomic mass is 10.1. The first kappa shape index (κ1) is 15.5. The van der Waals surface area contributed by atoms with Gasteiger partial charge in [0, 0.05) is 24.6 Å². The van der Waals surface area contributed by atoms with Crippen molar-refractivity contribution in [2.75, 3.05) is 25.5 Å².